The molecule has 110 valence electrons. The molecule has 0 bridgehead atoms. The molecular weight excluding hydrogens is 291 g/mol. The van der Waals surface area contributed by atoms with Crippen molar-refractivity contribution in [2.24, 2.45) is 5.84 Å². The molecule has 3 nitrogen and oxygen atoms in total. The molecule has 1 aliphatic carbocycles. The van der Waals surface area contributed by atoms with Crippen LogP contribution in [0, 0.1) is 5.82 Å². The van der Waals surface area contributed by atoms with Gasteiger partial charge in [-0.3, -0.25) is 5.84 Å². The van der Waals surface area contributed by atoms with Crippen LogP contribution in [0.2, 0.25) is 5.02 Å². The number of hydrazine groups is 1. The van der Waals surface area contributed by atoms with Crippen molar-refractivity contribution in [3.8, 4) is 5.75 Å². The second kappa shape index (κ2) is 6.02. The van der Waals surface area contributed by atoms with E-state index in [1.165, 1.54) is 12.1 Å². The van der Waals surface area contributed by atoms with Crippen molar-refractivity contribution in [2.45, 2.75) is 25.0 Å². The number of nitrogens with one attached hydrogen (secondary N) is 1. The minimum atomic E-state index is -0.455. The van der Waals surface area contributed by atoms with Gasteiger partial charge in [0.25, 0.3) is 0 Å². The molecule has 0 spiro atoms. The highest BCUT2D eigenvalue weighted by Gasteiger charge is 2.23. The quantitative estimate of drug-likeness (QED) is 0.656. The predicted molar refractivity (Wildman–Crippen MR) is 80.7 cm³/mol. The van der Waals surface area contributed by atoms with Gasteiger partial charge in [-0.05, 0) is 48.2 Å². The monoisotopic (exact) mass is 306 g/mol. The topological polar surface area (TPSA) is 47.3 Å². The molecule has 0 saturated heterocycles. The Labute approximate surface area is 127 Å². The van der Waals surface area contributed by atoms with E-state index < -0.39 is 5.82 Å². The Hall–Kier alpha value is -1.62. The first-order chi connectivity index (χ1) is 10.2. The second-order valence-electron chi connectivity index (χ2n) is 5.16. The van der Waals surface area contributed by atoms with Crippen molar-refractivity contribution in [3.63, 3.8) is 0 Å². The lowest BCUT2D eigenvalue weighted by molar-refractivity contribution is 0.303. The summed E-state index contributed by atoms with van der Waals surface area (Å²) in [4.78, 5) is 0. The lowest BCUT2D eigenvalue weighted by Gasteiger charge is -2.17. The van der Waals surface area contributed by atoms with Gasteiger partial charge in [-0.25, -0.2) is 9.82 Å². The summed E-state index contributed by atoms with van der Waals surface area (Å²) in [7, 11) is 0. The standard InChI is InChI=1S/C16H16ClFN2O/c17-14-8-3-11(9-15(14)18)16(20-19)10-1-4-12(5-2-10)21-13-6-7-13/h1-5,8-9,13,16,20H,6-7,19H2. The van der Waals surface area contributed by atoms with Crippen molar-refractivity contribution in [3.05, 3.63) is 64.4 Å². The van der Waals surface area contributed by atoms with Gasteiger partial charge in [-0.1, -0.05) is 29.8 Å². The van der Waals surface area contributed by atoms with E-state index in [4.69, 9.17) is 22.2 Å². The molecule has 1 aliphatic rings. The summed E-state index contributed by atoms with van der Waals surface area (Å²) in [6, 6.07) is 12.0. The molecule has 5 heteroatoms. The van der Waals surface area contributed by atoms with E-state index in [-0.39, 0.29) is 11.1 Å². The van der Waals surface area contributed by atoms with Gasteiger partial charge < -0.3 is 4.74 Å². The highest BCUT2D eigenvalue weighted by molar-refractivity contribution is 6.30. The van der Waals surface area contributed by atoms with Crippen LogP contribution in [0.15, 0.2) is 42.5 Å². The molecule has 2 aromatic rings. The fourth-order valence-corrected chi connectivity index (χ4v) is 2.31. The summed E-state index contributed by atoms with van der Waals surface area (Å²) in [5.74, 6) is 6.01. The normalized spacial score (nSPS) is 15.8. The van der Waals surface area contributed by atoms with Crippen molar-refractivity contribution in [1.29, 1.82) is 0 Å². The van der Waals surface area contributed by atoms with Crippen LogP contribution in [0.5, 0.6) is 5.75 Å². The summed E-state index contributed by atoms with van der Waals surface area (Å²) in [5, 5.41) is 0.0997. The van der Waals surface area contributed by atoms with Crippen LogP contribution < -0.4 is 16.0 Å². The number of hydrogen-bond donors (Lipinski definition) is 2. The third-order valence-electron chi connectivity index (χ3n) is 3.48. The lowest BCUT2D eigenvalue weighted by Crippen LogP contribution is -2.28. The van der Waals surface area contributed by atoms with Crippen LogP contribution in [0.25, 0.3) is 0 Å². The van der Waals surface area contributed by atoms with Gasteiger partial charge in [0.15, 0.2) is 0 Å². The smallest absolute Gasteiger partial charge is 0.142 e. The van der Waals surface area contributed by atoms with Gasteiger partial charge in [0.1, 0.15) is 11.6 Å². The zero-order valence-corrected chi connectivity index (χ0v) is 12.1. The number of halogens is 2. The predicted octanol–water partition coefficient (Wildman–Crippen LogP) is 3.57. The van der Waals surface area contributed by atoms with E-state index in [0.717, 1.165) is 29.7 Å². The molecule has 3 rings (SSSR count). The largest absolute Gasteiger partial charge is 0.490 e. The van der Waals surface area contributed by atoms with Gasteiger partial charge >= 0.3 is 0 Å². The van der Waals surface area contributed by atoms with Crippen LogP contribution in [-0.2, 0) is 0 Å². The maximum Gasteiger partial charge on any atom is 0.142 e. The fraction of sp³-hybridized carbons (Fsp3) is 0.250. The fourth-order valence-electron chi connectivity index (χ4n) is 2.19. The first-order valence-electron chi connectivity index (χ1n) is 6.85. The third-order valence-corrected chi connectivity index (χ3v) is 3.79. The summed E-state index contributed by atoms with van der Waals surface area (Å²) in [5.41, 5.74) is 4.35. The zero-order chi connectivity index (χ0) is 14.8. The molecular formula is C16H16ClFN2O. The highest BCUT2D eigenvalue weighted by Crippen LogP contribution is 2.29. The van der Waals surface area contributed by atoms with E-state index >= 15 is 0 Å². The van der Waals surface area contributed by atoms with Crippen LogP contribution in [0.1, 0.15) is 30.0 Å². The molecule has 1 saturated carbocycles. The van der Waals surface area contributed by atoms with Gasteiger partial charge in [0.05, 0.1) is 17.2 Å². The molecule has 0 heterocycles. The average Bonchev–Trinajstić information content (AvgIpc) is 3.29. The Morgan fingerprint density at radius 2 is 1.81 bits per heavy atom. The molecule has 2 aromatic carbocycles. The molecule has 0 aromatic heterocycles. The summed E-state index contributed by atoms with van der Waals surface area (Å²) in [6.45, 7) is 0. The first-order valence-corrected chi connectivity index (χ1v) is 7.23. The van der Waals surface area contributed by atoms with Gasteiger partial charge in [-0.2, -0.15) is 0 Å². The molecule has 0 radical (unpaired) electrons. The van der Waals surface area contributed by atoms with Crippen LogP contribution in [0.4, 0.5) is 4.39 Å². The van der Waals surface area contributed by atoms with Gasteiger partial charge in [0.2, 0.25) is 0 Å². The Balaban J connectivity index is 1.82. The number of rotatable bonds is 5. The van der Waals surface area contributed by atoms with Crippen molar-refractivity contribution >= 4 is 11.6 Å². The maximum absolute atomic E-state index is 13.6. The highest BCUT2D eigenvalue weighted by atomic mass is 35.5. The summed E-state index contributed by atoms with van der Waals surface area (Å²) < 4.78 is 19.3. The maximum atomic E-state index is 13.6. The molecule has 1 atom stereocenters. The van der Waals surface area contributed by atoms with Crippen molar-refractivity contribution < 1.29 is 9.13 Å². The van der Waals surface area contributed by atoms with E-state index in [1.54, 1.807) is 6.07 Å². The zero-order valence-electron chi connectivity index (χ0n) is 11.4. The molecule has 1 unspecified atom stereocenters. The van der Waals surface area contributed by atoms with Crippen molar-refractivity contribution in [2.75, 3.05) is 0 Å². The summed E-state index contributed by atoms with van der Waals surface area (Å²) >= 11 is 5.71. The minimum Gasteiger partial charge on any atom is -0.490 e. The number of nitrogens with two attached hydrogens (primary N) is 1. The SMILES string of the molecule is NNC(c1ccc(OC2CC2)cc1)c1ccc(Cl)c(F)c1. The van der Waals surface area contributed by atoms with E-state index in [2.05, 4.69) is 5.43 Å². The first kappa shape index (κ1) is 14.3. The molecule has 3 N–H and O–H groups in total. The van der Waals surface area contributed by atoms with Crippen LogP contribution in [0.3, 0.4) is 0 Å². The van der Waals surface area contributed by atoms with Crippen LogP contribution in [-0.4, -0.2) is 6.10 Å². The number of ether oxygens (including phenoxy) is 1. The second-order valence-corrected chi connectivity index (χ2v) is 5.57. The van der Waals surface area contributed by atoms with Crippen molar-refractivity contribution in [1.82, 2.24) is 5.43 Å². The van der Waals surface area contributed by atoms with Crippen LogP contribution >= 0.6 is 11.6 Å². The van der Waals surface area contributed by atoms with E-state index in [1.807, 2.05) is 24.3 Å². The lowest BCUT2D eigenvalue weighted by atomic mass is 9.99. The minimum absolute atomic E-state index is 0.0997. The Bertz CT molecular complexity index is 629. The van der Waals surface area contributed by atoms with E-state index in [9.17, 15) is 4.39 Å². The van der Waals surface area contributed by atoms with Gasteiger partial charge in [-0.15, -0.1) is 0 Å². The molecule has 21 heavy (non-hydrogen) atoms. The van der Waals surface area contributed by atoms with E-state index in [0.29, 0.717) is 6.10 Å². The van der Waals surface area contributed by atoms with Gasteiger partial charge in [0, 0.05) is 0 Å². The Kier molecular flexibility index (Phi) is 4.10. The third kappa shape index (κ3) is 3.35. The molecule has 0 amide bonds. The molecule has 0 aliphatic heterocycles. The average molecular weight is 307 g/mol. The summed E-state index contributed by atoms with van der Waals surface area (Å²) in [6.07, 6.45) is 2.61. The Morgan fingerprint density at radius 3 is 2.38 bits per heavy atom. The number of benzene rings is 2. The molecule has 1 fully saturated rings. The number of hydrogen-bond acceptors (Lipinski definition) is 3. The Morgan fingerprint density at radius 1 is 1.14 bits per heavy atom.